The molecule has 1 N–H and O–H groups in total. The van der Waals surface area contributed by atoms with Gasteiger partial charge in [0.2, 0.25) is 0 Å². The van der Waals surface area contributed by atoms with Gasteiger partial charge in [-0.15, -0.1) is 0 Å². The van der Waals surface area contributed by atoms with E-state index in [0.717, 1.165) is 30.9 Å². The molecule has 0 radical (unpaired) electrons. The second kappa shape index (κ2) is 4.38. The van der Waals surface area contributed by atoms with E-state index in [4.69, 9.17) is 11.6 Å². The maximum absolute atomic E-state index is 13.6. The predicted octanol–water partition coefficient (Wildman–Crippen LogP) is 4.01. The van der Waals surface area contributed by atoms with E-state index in [1.54, 1.807) is 6.07 Å². The minimum absolute atomic E-state index is 0.185. The standard InChI is InChI=1S/C16H14ClFN2/c17-12-7-15-14(8-13(12)18)19-9-16-11-4-2-1-3-10(11)5-6-20(15)16/h1-4,7-8,16,19H,5-6,9H2. The van der Waals surface area contributed by atoms with Crippen molar-refractivity contribution >= 4 is 23.0 Å². The van der Waals surface area contributed by atoms with Crippen LogP contribution in [-0.4, -0.2) is 13.1 Å². The van der Waals surface area contributed by atoms with E-state index in [-0.39, 0.29) is 10.8 Å². The van der Waals surface area contributed by atoms with Crippen molar-refractivity contribution in [2.24, 2.45) is 0 Å². The summed E-state index contributed by atoms with van der Waals surface area (Å²) in [5, 5.41) is 3.52. The van der Waals surface area contributed by atoms with Crippen LogP contribution in [0, 0.1) is 5.82 Å². The Morgan fingerprint density at radius 1 is 1.25 bits per heavy atom. The molecule has 0 saturated carbocycles. The van der Waals surface area contributed by atoms with E-state index >= 15 is 0 Å². The number of nitrogens with one attached hydrogen (secondary N) is 1. The van der Waals surface area contributed by atoms with Gasteiger partial charge in [-0.25, -0.2) is 4.39 Å². The first-order valence-corrected chi connectivity index (χ1v) is 7.19. The van der Waals surface area contributed by atoms with Crippen LogP contribution >= 0.6 is 11.6 Å². The zero-order valence-electron chi connectivity index (χ0n) is 10.9. The van der Waals surface area contributed by atoms with Crippen LogP contribution in [0.15, 0.2) is 36.4 Å². The summed E-state index contributed by atoms with van der Waals surface area (Å²) in [6.07, 6.45) is 1.01. The molecule has 1 unspecified atom stereocenters. The van der Waals surface area contributed by atoms with Crippen molar-refractivity contribution in [2.45, 2.75) is 12.5 Å². The number of hydrogen-bond acceptors (Lipinski definition) is 2. The molecular weight excluding hydrogens is 275 g/mol. The van der Waals surface area contributed by atoms with E-state index in [1.165, 1.54) is 17.2 Å². The number of benzene rings is 2. The molecule has 2 nitrogen and oxygen atoms in total. The van der Waals surface area contributed by atoms with Crippen molar-refractivity contribution in [3.63, 3.8) is 0 Å². The molecule has 4 rings (SSSR count). The Morgan fingerprint density at radius 2 is 2.10 bits per heavy atom. The minimum Gasteiger partial charge on any atom is -0.381 e. The Kier molecular flexibility index (Phi) is 2.64. The molecule has 0 fully saturated rings. The SMILES string of the molecule is Fc1cc2c(cc1Cl)N1CCc3ccccc3C1CN2. The lowest BCUT2D eigenvalue weighted by atomic mass is 9.90. The fraction of sp³-hybridized carbons (Fsp3) is 0.250. The zero-order valence-corrected chi connectivity index (χ0v) is 11.6. The Labute approximate surface area is 122 Å². The first kappa shape index (κ1) is 12.0. The van der Waals surface area contributed by atoms with Gasteiger partial charge in [0.1, 0.15) is 5.82 Å². The second-order valence-corrected chi connectivity index (χ2v) is 5.73. The van der Waals surface area contributed by atoms with Gasteiger partial charge in [0.05, 0.1) is 22.4 Å². The molecule has 102 valence electrons. The largest absolute Gasteiger partial charge is 0.381 e. The molecule has 2 aromatic carbocycles. The Balaban J connectivity index is 1.82. The highest BCUT2D eigenvalue weighted by atomic mass is 35.5. The number of rotatable bonds is 0. The van der Waals surface area contributed by atoms with Crippen LogP contribution in [0.3, 0.4) is 0 Å². The zero-order chi connectivity index (χ0) is 13.7. The molecule has 0 spiro atoms. The summed E-state index contributed by atoms with van der Waals surface area (Å²) in [6.45, 7) is 1.74. The molecule has 2 heterocycles. The Bertz CT molecular complexity index is 686. The van der Waals surface area contributed by atoms with E-state index in [9.17, 15) is 4.39 Å². The molecule has 2 aliphatic rings. The van der Waals surface area contributed by atoms with Crippen molar-refractivity contribution in [1.29, 1.82) is 0 Å². The van der Waals surface area contributed by atoms with Gasteiger partial charge in [-0.3, -0.25) is 0 Å². The molecule has 4 heteroatoms. The molecule has 0 aliphatic carbocycles. The molecular formula is C16H14ClFN2. The van der Waals surface area contributed by atoms with Crippen molar-refractivity contribution in [3.05, 3.63) is 58.4 Å². The normalized spacial score (nSPS) is 19.7. The quantitative estimate of drug-likeness (QED) is 0.788. The Morgan fingerprint density at radius 3 is 3.00 bits per heavy atom. The highest BCUT2D eigenvalue weighted by Crippen LogP contribution is 2.42. The first-order chi connectivity index (χ1) is 9.74. The number of hydrogen-bond donors (Lipinski definition) is 1. The molecule has 0 amide bonds. The monoisotopic (exact) mass is 288 g/mol. The van der Waals surface area contributed by atoms with Crippen molar-refractivity contribution in [1.82, 2.24) is 0 Å². The van der Waals surface area contributed by atoms with Crippen LogP contribution < -0.4 is 10.2 Å². The summed E-state index contributed by atoms with van der Waals surface area (Å²) < 4.78 is 13.6. The molecule has 20 heavy (non-hydrogen) atoms. The van der Waals surface area contributed by atoms with Gasteiger partial charge in [0, 0.05) is 19.2 Å². The summed E-state index contributed by atoms with van der Waals surface area (Å²) in [4.78, 5) is 2.33. The number of halogens is 2. The second-order valence-electron chi connectivity index (χ2n) is 5.32. The van der Waals surface area contributed by atoms with Gasteiger partial charge in [-0.05, 0) is 23.6 Å². The molecule has 1 atom stereocenters. The summed E-state index contributed by atoms with van der Waals surface area (Å²) >= 11 is 5.95. The van der Waals surface area contributed by atoms with Crippen molar-refractivity contribution in [3.8, 4) is 0 Å². The number of fused-ring (bicyclic) bond motifs is 5. The highest BCUT2D eigenvalue weighted by Gasteiger charge is 2.32. The average Bonchev–Trinajstić information content (AvgIpc) is 2.48. The molecule has 2 aromatic rings. The Hall–Kier alpha value is -1.74. The van der Waals surface area contributed by atoms with Crippen LogP contribution in [0.4, 0.5) is 15.8 Å². The van der Waals surface area contributed by atoms with Gasteiger partial charge in [0.25, 0.3) is 0 Å². The van der Waals surface area contributed by atoms with Gasteiger partial charge in [-0.1, -0.05) is 35.9 Å². The fourth-order valence-corrected chi connectivity index (χ4v) is 3.44. The molecule has 0 saturated heterocycles. The maximum atomic E-state index is 13.6. The first-order valence-electron chi connectivity index (χ1n) is 6.81. The van der Waals surface area contributed by atoms with Crippen LogP contribution in [0.5, 0.6) is 0 Å². The average molecular weight is 289 g/mol. The summed E-state index contributed by atoms with van der Waals surface area (Å²) in [7, 11) is 0. The smallest absolute Gasteiger partial charge is 0.143 e. The van der Waals surface area contributed by atoms with E-state index in [0.29, 0.717) is 6.04 Å². The third kappa shape index (κ3) is 1.70. The lowest BCUT2D eigenvalue weighted by Crippen LogP contribution is -2.42. The minimum atomic E-state index is -0.367. The van der Waals surface area contributed by atoms with E-state index in [2.05, 4.69) is 34.5 Å². The van der Waals surface area contributed by atoms with Crippen LogP contribution in [0.1, 0.15) is 17.2 Å². The van der Waals surface area contributed by atoms with Crippen LogP contribution in [-0.2, 0) is 6.42 Å². The molecule has 0 bridgehead atoms. The lowest BCUT2D eigenvalue weighted by Gasteiger charge is -2.43. The summed E-state index contributed by atoms with van der Waals surface area (Å²) in [5.74, 6) is -0.367. The third-order valence-electron chi connectivity index (χ3n) is 4.25. The lowest BCUT2D eigenvalue weighted by molar-refractivity contribution is 0.586. The van der Waals surface area contributed by atoms with Crippen molar-refractivity contribution < 1.29 is 4.39 Å². The third-order valence-corrected chi connectivity index (χ3v) is 4.54. The topological polar surface area (TPSA) is 15.3 Å². The number of anilines is 2. The summed E-state index contributed by atoms with van der Waals surface area (Å²) in [6, 6.07) is 12.1. The molecule has 0 aromatic heterocycles. The van der Waals surface area contributed by atoms with Gasteiger partial charge in [-0.2, -0.15) is 0 Å². The van der Waals surface area contributed by atoms with E-state index < -0.39 is 0 Å². The fourth-order valence-electron chi connectivity index (χ4n) is 3.28. The highest BCUT2D eigenvalue weighted by molar-refractivity contribution is 6.31. The molecule has 2 aliphatic heterocycles. The van der Waals surface area contributed by atoms with Crippen molar-refractivity contribution in [2.75, 3.05) is 23.3 Å². The van der Waals surface area contributed by atoms with Crippen LogP contribution in [0.2, 0.25) is 5.02 Å². The van der Waals surface area contributed by atoms with Gasteiger partial charge < -0.3 is 10.2 Å². The predicted molar refractivity (Wildman–Crippen MR) is 80.1 cm³/mol. The summed E-state index contributed by atoms with van der Waals surface area (Å²) in [5.41, 5.74) is 4.61. The van der Waals surface area contributed by atoms with Gasteiger partial charge in [0.15, 0.2) is 0 Å². The van der Waals surface area contributed by atoms with E-state index in [1.807, 2.05) is 0 Å². The van der Waals surface area contributed by atoms with Crippen LogP contribution in [0.25, 0.3) is 0 Å². The number of nitrogens with zero attached hydrogens (tertiary/aromatic N) is 1. The van der Waals surface area contributed by atoms with Gasteiger partial charge >= 0.3 is 0 Å². The maximum Gasteiger partial charge on any atom is 0.143 e.